The van der Waals surface area contributed by atoms with Crippen molar-refractivity contribution in [3.63, 3.8) is 0 Å². The van der Waals surface area contributed by atoms with Gasteiger partial charge in [0.1, 0.15) is 0 Å². The fraction of sp³-hybridized carbons (Fsp3) is 0.500. The minimum absolute atomic E-state index is 0.0183. The van der Waals surface area contributed by atoms with Gasteiger partial charge in [0.2, 0.25) is 0 Å². The van der Waals surface area contributed by atoms with Crippen molar-refractivity contribution in [1.82, 2.24) is 10.4 Å². The molecule has 0 saturated heterocycles. The van der Waals surface area contributed by atoms with E-state index in [1.165, 1.54) is 4.90 Å². The van der Waals surface area contributed by atoms with Crippen molar-refractivity contribution in [2.75, 3.05) is 14.1 Å². The highest BCUT2D eigenvalue weighted by atomic mass is 19.2. The van der Waals surface area contributed by atoms with E-state index in [-0.39, 0.29) is 11.9 Å². The normalized spacial score (nSPS) is 12.2. The van der Waals surface area contributed by atoms with Crippen LogP contribution in [0.5, 0.6) is 0 Å². The van der Waals surface area contributed by atoms with Crippen LogP contribution in [0.4, 0.5) is 4.48 Å². The summed E-state index contributed by atoms with van der Waals surface area (Å²) in [6.07, 6.45) is 2.38. The summed E-state index contributed by atoms with van der Waals surface area (Å²) in [5.41, 5.74) is 3.52. The van der Waals surface area contributed by atoms with Gasteiger partial charge in [-0.25, -0.2) is 0 Å². The number of hydrogen-bond acceptors (Lipinski definition) is 2. The van der Waals surface area contributed by atoms with Crippen LogP contribution < -0.4 is 5.54 Å². The molecule has 18 heavy (non-hydrogen) atoms. The van der Waals surface area contributed by atoms with Crippen molar-refractivity contribution >= 4 is 5.91 Å². The first-order valence-electron chi connectivity index (χ1n) is 6.25. The van der Waals surface area contributed by atoms with Gasteiger partial charge in [0, 0.05) is 25.7 Å². The van der Waals surface area contributed by atoms with Crippen LogP contribution in [0.25, 0.3) is 0 Å². The molecule has 1 atom stereocenters. The highest BCUT2D eigenvalue weighted by Gasteiger charge is 2.10. The third-order valence-electron chi connectivity index (χ3n) is 2.88. The predicted octanol–water partition coefficient (Wildman–Crippen LogP) is 2.57. The summed E-state index contributed by atoms with van der Waals surface area (Å²) in [5.74, 6) is -0.0183. The van der Waals surface area contributed by atoms with Gasteiger partial charge >= 0.3 is 0 Å². The van der Waals surface area contributed by atoms with Gasteiger partial charge in [-0.2, -0.15) is 5.54 Å². The molecule has 0 aromatic heterocycles. The average Bonchev–Trinajstić information content (AvgIpc) is 2.38. The number of halogens is 1. The first kappa shape index (κ1) is 14.6. The lowest BCUT2D eigenvalue weighted by atomic mass is 10.0. The molecule has 0 aliphatic carbocycles. The Morgan fingerprint density at radius 1 is 1.33 bits per heavy atom. The maximum absolute atomic E-state index is 12.5. The zero-order valence-electron chi connectivity index (χ0n) is 11.2. The molecule has 4 heteroatoms. The van der Waals surface area contributed by atoms with Crippen LogP contribution in [0.1, 0.15) is 35.7 Å². The second kappa shape index (κ2) is 7.11. The first-order chi connectivity index (χ1) is 8.58. The van der Waals surface area contributed by atoms with Gasteiger partial charge in [0.05, 0.1) is 0 Å². The van der Waals surface area contributed by atoms with Crippen LogP contribution in [0.15, 0.2) is 24.3 Å². The second-order valence-electron chi connectivity index (χ2n) is 4.70. The molecule has 0 aliphatic rings. The van der Waals surface area contributed by atoms with Gasteiger partial charge in [0.25, 0.3) is 5.91 Å². The zero-order valence-corrected chi connectivity index (χ0v) is 11.2. The summed E-state index contributed by atoms with van der Waals surface area (Å²) in [6, 6.07) is 7.20. The van der Waals surface area contributed by atoms with Gasteiger partial charge in [-0.3, -0.25) is 4.79 Å². The van der Waals surface area contributed by atoms with Gasteiger partial charge in [-0.15, -0.1) is 4.48 Å². The van der Waals surface area contributed by atoms with Crippen LogP contribution in [-0.4, -0.2) is 30.9 Å². The Bertz CT molecular complexity index is 376. The third-order valence-corrected chi connectivity index (χ3v) is 2.88. The van der Waals surface area contributed by atoms with Crippen LogP contribution in [-0.2, 0) is 6.42 Å². The summed E-state index contributed by atoms with van der Waals surface area (Å²) in [5, 5.41) is 0. The third kappa shape index (κ3) is 4.11. The van der Waals surface area contributed by atoms with Crippen molar-refractivity contribution in [2.24, 2.45) is 0 Å². The Balaban J connectivity index is 2.68. The van der Waals surface area contributed by atoms with E-state index in [2.05, 4.69) is 0 Å². The van der Waals surface area contributed by atoms with E-state index < -0.39 is 0 Å². The maximum atomic E-state index is 12.5. The van der Waals surface area contributed by atoms with Crippen LogP contribution >= 0.6 is 0 Å². The molecule has 1 aromatic carbocycles. The Hall–Kier alpha value is -1.42. The van der Waals surface area contributed by atoms with Gasteiger partial charge in [-0.1, -0.05) is 25.5 Å². The van der Waals surface area contributed by atoms with E-state index in [0.717, 1.165) is 18.4 Å². The molecule has 3 nitrogen and oxygen atoms in total. The summed E-state index contributed by atoms with van der Waals surface area (Å²) < 4.78 is 12.5. The SMILES string of the molecule is CCC[C@@H](Cc1ccc(C(=O)N(C)C)cc1)NF. The van der Waals surface area contributed by atoms with E-state index in [9.17, 15) is 9.28 Å². The van der Waals surface area contributed by atoms with Gasteiger partial charge < -0.3 is 4.90 Å². The first-order valence-corrected chi connectivity index (χ1v) is 6.25. The standard InChI is InChI=1S/C14H21FN2O/c1-4-5-13(16-15)10-11-6-8-12(9-7-11)14(18)17(2)3/h6-9,13,16H,4-5,10H2,1-3H3/t13-/m0/s1. The summed E-state index contributed by atoms with van der Waals surface area (Å²) in [4.78, 5) is 13.2. The van der Waals surface area contributed by atoms with Crippen LogP contribution in [0.3, 0.4) is 0 Å². The van der Waals surface area contributed by atoms with Crippen molar-refractivity contribution < 1.29 is 9.28 Å². The van der Waals surface area contributed by atoms with E-state index in [0.29, 0.717) is 12.0 Å². The topological polar surface area (TPSA) is 32.3 Å². The van der Waals surface area contributed by atoms with E-state index >= 15 is 0 Å². The van der Waals surface area contributed by atoms with E-state index in [1.54, 1.807) is 26.2 Å². The van der Waals surface area contributed by atoms with E-state index in [4.69, 9.17) is 0 Å². The monoisotopic (exact) mass is 252 g/mol. The van der Waals surface area contributed by atoms with Crippen LogP contribution in [0.2, 0.25) is 0 Å². The molecule has 1 rings (SSSR count). The average molecular weight is 252 g/mol. The molecular formula is C14H21FN2O. The van der Waals surface area contributed by atoms with E-state index in [1.807, 2.05) is 24.6 Å². The quantitative estimate of drug-likeness (QED) is 0.789. The number of carbonyl (C=O) groups is 1. The molecule has 0 saturated carbocycles. The molecular weight excluding hydrogens is 231 g/mol. The minimum Gasteiger partial charge on any atom is -0.345 e. The lowest BCUT2D eigenvalue weighted by molar-refractivity contribution is 0.0827. The van der Waals surface area contributed by atoms with Crippen LogP contribution in [0, 0.1) is 0 Å². The molecule has 0 unspecified atom stereocenters. The number of nitrogens with zero attached hydrogens (tertiary/aromatic N) is 1. The molecule has 1 aromatic rings. The van der Waals surface area contributed by atoms with Crippen molar-refractivity contribution in [3.05, 3.63) is 35.4 Å². The lowest BCUT2D eigenvalue weighted by Gasteiger charge is -2.13. The molecule has 1 amide bonds. The summed E-state index contributed by atoms with van der Waals surface area (Å²) >= 11 is 0. The number of nitrogens with one attached hydrogen (secondary N) is 1. The lowest BCUT2D eigenvalue weighted by Crippen LogP contribution is -2.24. The predicted molar refractivity (Wildman–Crippen MR) is 71.1 cm³/mol. The number of carbonyl (C=O) groups excluding carboxylic acids is 1. The molecule has 1 N–H and O–H groups in total. The number of hydrogen-bond donors (Lipinski definition) is 1. The molecule has 0 bridgehead atoms. The molecule has 0 spiro atoms. The minimum atomic E-state index is -0.148. The molecule has 0 radical (unpaired) electrons. The second-order valence-corrected chi connectivity index (χ2v) is 4.70. The summed E-state index contributed by atoms with van der Waals surface area (Å²) in [6.45, 7) is 2.03. The van der Waals surface area contributed by atoms with Crippen molar-refractivity contribution in [1.29, 1.82) is 0 Å². The Labute approximate surface area is 108 Å². The van der Waals surface area contributed by atoms with Crippen molar-refractivity contribution in [3.8, 4) is 0 Å². The van der Waals surface area contributed by atoms with Gasteiger partial charge in [0.15, 0.2) is 0 Å². The summed E-state index contributed by atoms with van der Waals surface area (Å²) in [7, 11) is 3.45. The fourth-order valence-corrected chi connectivity index (χ4v) is 1.87. The Kier molecular flexibility index (Phi) is 5.78. The number of benzene rings is 1. The number of rotatable bonds is 6. The molecule has 0 fully saturated rings. The number of amides is 1. The molecule has 0 heterocycles. The fourth-order valence-electron chi connectivity index (χ4n) is 1.87. The molecule has 0 aliphatic heterocycles. The Morgan fingerprint density at radius 3 is 2.39 bits per heavy atom. The smallest absolute Gasteiger partial charge is 0.253 e. The highest BCUT2D eigenvalue weighted by molar-refractivity contribution is 5.93. The Morgan fingerprint density at radius 2 is 1.94 bits per heavy atom. The zero-order chi connectivity index (χ0) is 13.5. The van der Waals surface area contributed by atoms with Crippen molar-refractivity contribution in [2.45, 2.75) is 32.2 Å². The van der Waals surface area contributed by atoms with Gasteiger partial charge in [-0.05, 0) is 30.5 Å². The highest BCUT2D eigenvalue weighted by Crippen LogP contribution is 2.11. The largest absolute Gasteiger partial charge is 0.345 e. The molecule has 100 valence electrons. The maximum Gasteiger partial charge on any atom is 0.253 e.